The molecule has 1 aliphatic heterocycles. The number of rotatable bonds is 6. The molecule has 0 radical (unpaired) electrons. The Kier molecular flexibility index (Phi) is 6.99. The average Bonchev–Trinajstić information content (AvgIpc) is 2.77. The number of benzene rings is 1. The number of nitrogens with zero attached hydrogens (tertiary/aromatic N) is 1. The molecule has 1 fully saturated rings. The number of carbonyl (C=O) groups is 1. The van der Waals surface area contributed by atoms with E-state index in [1.54, 1.807) is 13.0 Å². The van der Waals surface area contributed by atoms with E-state index in [-0.39, 0.29) is 24.3 Å². The quantitative estimate of drug-likeness (QED) is 0.847. The van der Waals surface area contributed by atoms with Gasteiger partial charge in [0, 0.05) is 18.3 Å². The van der Waals surface area contributed by atoms with E-state index in [1.807, 2.05) is 0 Å². The van der Waals surface area contributed by atoms with Crippen molar-refractivity contribution in [3.63, 3.8) is 0 Å². The average molecular weight is 321 g/mol. The van der Waals surface area contributed by atoms with Crippen LogP contribution in [-0.2, 0) is 4.79 Å². The number of anilines is 1. The SMILES string of the molecule is Cc1cc(F)ccc1NC(=O)CNC(C)CN1CCCCCC1. The van der Waals surface area contributed by atoms with Crippen molar-refractivity contribution in [3.8, 4) is 0 Å². The van der Waals surface area contributed by atoms with Crippen molar-refractivity contribution in [2.75, 3.05) is 31.5 Å². The van der Waals surface area contributed by atoms with Gasteiger partial charge in [-0.15, -0.1) is 0 Å². The van der Waals surface area contributed by atoms with Crippen LogP contribution in [0.3, 0.4) is 0 Å². The van der Waals surface area contributed by atoms with Gasteiger partial charge in [0.15, 0.2) is 0 Å². The fourth-order valence-electron chi connectivity index (χ4n) is 3.00. The summed E-state index contributed by atoms with van der Waals surface area (Å²) in [5.74, 6) is -0.382. The zero-order valence-electron chi connectivity index (χ0n) is 14.2. The number of hydrogen-bond donors (Lipinski definition) is 2. The Labute approximate surface area is 138 Å². The summed E-state index contributed by atoms with van der Waals surface area (Å²) < 4.78 is 13.1. The van der Waals surface area contributed by atoms with Crippen molar-refractivity contribution in [3.05, 3.63) is 29.6 Å². The number of aryl methyl sites for hydroxylation is 1. The van der Waals surface area contributed by atoms with E-state index in [0.29, 0.717) is 5.69 Å². The molecule has 1 unspecified atom stereocenters. The third-order valence-corrected chi connectivity index (χ3v) is 4.30. The highest BCUT2D eigenvalue weighted by Crippen LogP contribution is 2.15. The Hall–Kier alpha value is -1.46. The summed E-state index contributed by atoms with van der Waals surface area (Å²) in [5.41, 5.74) is 1.40. The summed E-state index contributed by atoms with van der Waals surface area (Å²) >= 11 is 0. The van der Waals surface area contributed by atoms with Gasteiger partial charge in [0.2, 0.25) is 5.91 Å². The van der Waals surface area contributed by atoms with E-state index >= 15 is 0 Å². The first-order valence-electron chi connectivity index (χ1n) is 8.56. The van der Waals surface area contributed by atoms with Crippen LogP contribution in [0.1, 0.15) is 38.2 Å². The maximum absolute atomic E-state index is 13.1. The summed E-state index contributed by atoms with van der Waals surface area (Å²) in [6.07, 6.45) is 5.21. The van der Waals surface area contributed by atoms with Crippen LogP contribution in [0, 0.1) is 12.7 Å². The molecule has 2 rings (SSSR count). The topological polar surface area (TPSA) is 44.4 Å². The molecule has 1 heterocycles. The lowest BCUT2D eigenvalue weighted by Crippen LogP contribution is -2.42. The zero-order chi connectivity index (χ0) is 16.7. The van der Waals surface area contributed by atoms with Crippen LogP contribution in [0.4, 0.5) is 10.1 Å². The van der Waals surface area contributed by atoms with E-state index in [1.165, 1.54) is 37.8 Å². The molecule has 4 nitrogen and oxygen atoms in total. The first-order chi connectivity index (χ1) is 11.0. The molecule has 0 aromatic heterocycles. The number of nitrogens with one attached hydrogen (secondary N) is 2. The van der Waals surface area contributed by atoms with Crippen LogP contribution in [0.2, 0.25) is 0 Å². The van der Waals surface area contributed by atoms with Gasteiger partial charge in [0.25, 0.3) is 0 Å². The molecule has 1 amide bonds. The normalized spacial score (nSPS) is 17.5. The largest absolute Gasteiger partial charge is 0.325 e. The van der Waals surface area contributed by atoms with Gasteiger partial charge in [0.1, 0.15) is 5.82 Å². The Bertz CT molecular complexity index is 513. The molecular formula is C18H28FN3O. The minimum absolute atomic E-state index is 0.0950. The highest BCUT2D eigenvalue weighted by atomic mass is 19.1. The van der Waals surface area contributed by atoms with Gasteiger partial charge in [-0.3, -0.25) is 4.79 Å². The minimum atomic E-state index is -0.287. The van der Waals surface area contributed by atoms with Crippen molar-refractivity contribution < 1.29 is 9.18 Å². The predicted octanol–water partition coefficient (Wildman–Crippen LogP) is 2.93. The molecule has 128 valence electrons. The summed E-state index contributed by atoms with van der Waals surface area (Å²) in [6.45, 7) is 7.46. The van der Waals surface area contributed by atoms with E-state index < -0.39 is 0 Å². The number of hydrogen-bond acceptors (Lipinski definition) is 3. The Morgan fingerprint density at radius 3 is 2.61 bits per heavy atom. The van der Waals surface area contributed by atoms with Gasteiger partial charge >= 0.3 is 0 Å². The van der Waals surface area contributed by atoms with Gasteiger partial charge in [-0.05, 0) is 63.5 Å². The number of halogens is 1. The molecule has 1 aromatic rings. The van der Waals surface area contributed by atoms with Gasteiger partial charge < -0.3 is 15.5 Å². The fraction of sp³-hybridized carbons (Fsp3) is 0.611. The Morgan fingerprint density at radius 2 is 1.96 bits per heavy atom. The second-order valence-electron chi connectivity index (χ2n) is 6.50. The van der Waals surface area contributed by atoms with Crippen molar-refractivity contribution in [1.82, 2.24) is 10.2 Å². The predicted molar refractivity (Wildman–Crippen MR) is 92.1 cm³/mol. The monoisotopic (exact) mass is 321 g/mol. The molecule has 1 atom stereocenters. The van der Waals surface area contributed by atoms with Crippen LogP contribution >= 0.6 is 0 Å². The van der Waals surface area contributed by atoms with Gasteiger partial charge in [-0.2, -0.15) is 0 Å². The standard InChI is InChI=1S/C18H28FN3O/c1-14-11-16(19)7-8-17(14)21-18(23)12-20-15(2)13-22-9-5-3-4-6-10-22/h7-8,11,15,20H,3-6,9-10,12-13H2,1-2H3,(H,21,23). The van der Waals surface area contributed by atoms with E-state index in [9.17, 15) is 9.18 Å². The van der Waals surface area contributed by atoms with Crippen molar-refractivity contribution in [1.29, 1.82) is 0 Å². The Balaban J connectivity index is 1.72. The molecule has 0 spiro atoms. The third-order valence-electron chi connectivity index (χ3n) is 4.30. The van der Waals surface area contributed by atoms with Crippen molar-refractivity contribution in [2.24, 2.45) is 0 Å². The zero-order valence-corrected chi connectivity index (χ0v) is 14.2. The highest BCUT2D eigenvalue weighted by molar-refractivity contribution is 5.92. The lowest BCUT2D eigenvalue weighted by Gasteiger charge is -2.24. The highest BCUT2D eigenvalue weighted by Gasteiger charge is 2.13. The smallest absolute Gasteiger partial charge is 0.238 e. The van der Waals surface area contributed by atoms with Crippen molar-refractivity contribution >= 4 is 11.6 Å². The first-order valence-corrected chi connectivity index (χ1v) is 8.56. The van der Waals surface area contributed by atoms with Gasteiger partial charge in [-0.1, -0.05) is 12.8 Å². The van der Waals surface area contributed by atoms with Crippen LogP contribution in [-0.4, -0.2) is 43.0 Å². The maximum Gasteiger partial charge on any atom is 0.238 e. The number of amides is 1. The molecule has 0 saturated carbocycles. The first kappa shape index (κ1) is 17.9. The molecule has 0 aliphatic carbocycles. The van der Waals surface area contributed by atoms with E-state index in [0.717, 1.165) is 25.2 Å². The maximum atomic E-state index is 13.1. The van der Waals surface area contributed by atoms with Crippen LogP contribution < -0.4 is 10.6 Å². The van der Waals surface area contributed by atoms with Crippen molar-refractivity contribution in [2.45, 2.75) is 45.6 Å². The molecule has 1 aromatic carbocycles. The number of carbonyl (C=O) groups excluding carboxylic acids is 1. The van der Waals surface area contributed by atoms with Gasteiger partial charge in [0.05, 0.1) is 6.54 Å². The molecule has 1 saturated heterocycles. The van der Waals surface area contributed by atoms with E-state index in [2.05, 4.69) is 22.5 Å². The van der Waals surface area contributed by atoms with E-state index in [4.69, 9.17) is 0 Å². The summed E-state index contributed by atoms with van der Waals surface area (Å²) in [6, 6.07) is 4.65. The third kappa shape index (κ3) is 6.28. The molecule has 23 heavy (non-hydrogen) atoms. The lowest BCUT2D eigenvalue weighted by atomic mass is 10.2. The summed E-state index contributed by atoms with van der Waals surface area (Å²) in [5, 5.41) is 6.10. The Morgan fingerprint density at radius 1 is 1.26 bits per heavy atom. The summed E-state index contributed by atoms with van der Waals surface area (Å²) in [7, 11) is 0. The minimum Gasteiger partial charge on any atom is -0.325 e. The second kappa shape index (κ2) is 8.99. The molecule has 5 heteroatoms. The molecular weight excluding hydrogens is 293 g/mol. The molecule has 1 aliphatic rings. The number of likely N-dealkylation sites (tertiary alicyclic amines) is 1. The van der Waals surface area contributed by atoms with Crippen LogP contribution in [0.25, 0.3) is 0 Å². The second-order valence-corrected chi connectivity index (χ2v) is 6.50. The van der Waals surface area contributed by atoms with Gasteiger partial charge in [-0.25, -0.2) is 4.39 Å². The van der Waals surface area contributed by atoms with Crippen LogP contribution in [0.15, 0.2) is 18.2 Å². The summed E-state index contributed by atoms with van der Waals surface area (Å²) in [4.78, 5) is 14.5. The fourth-order valence-corrected chi connectivity index (χ4v) is 3.00. The van der Waals surface area contributed by atoms with Crippen LogP contribution in [0.5, 0.6) is 0 Å². The molecule has 2 N–H and O–H groups in total. The molecule has 0 bridgehead atoms. The lowest BCUT2D eigenvalue weighted by molar-refractivity contribution is -0.115.